The molecule has 15 heavy (non-hydrogen) atoms. The van der Waals surface area contributed by atoms with E-state index >= 15 is 0 Å². The predicted octanol–water partition coefficient (Wildman–Crippen LogP) is 1.18. The number of anilines is 1. The van der Waals surface area contributed by atoms with Gasteiger partial charge in [-0.2, -0.15) is 0 Å². The Morgan fingerprint density at radius 1 is 1.13 bits per heavy atom. The van der Waals surface area contributed by atoms with Crippen LogP contribution in [-0.2, 0) is 0 Å². The Balaban J connectivity index is 2.24. The molecule has 5 heteroatoms. The number of imidazole rings is 1. The van der Waals surface area contributed by atoms with Crippen LogP contribution in [0.25, 0.3) is 11.2 Å². The normalized spacial score (nSPS) is 15.7. The Morgan fingerprint density at radius 2 is 1.93 bits per heavy atom. The molecule has 1 N–H and O–H groups in total. The molecule has 0 atom stereocenters. The lowest BCUT2D eigenvalue weighted by Gasteiger charge is -2.32. The van der Waals surface area contributed by atoms with Gasteiger partial charge < -0.3 is 9.88 Å². The van der Waals surface area contributed by atoms with Gasteiger partial charge in [0.15, 0.2) is 11.5 Å². The van der Waals surface area contributed by atoms with E-state index in [1.54, 1.807) is 0 Å². The van der Waals surface area contributed by atoms with E-state index < -0.39 is 0 Å². The summed E-state index contributed by atoms with van der Waals surface area (Å²) in [4.78, 5) is 18.6. The van der Waals surface area contributed by atoms with E-state index in [9.17, 15) is 0 Å². The quantitative estimate of drug-likeness (QED) is 0.756. The highest BCUT2D eigenvalue weighted by molar-refractivity contribution is 5.83. The van der Waals surface area contributed by atoms with Gasteiger partial charge >= 0.3 is 0 Å². The van der Waals surface area contributed by atoms with Gasteiger partial charge in [0.05, 0.1) is 0 Å². The minimum atomic E-state index is 0.780. The molecule has 0 radical (unpaired) electrons. The number of fused-ring (bicyclic) bond motifs is 1. The van der Waals surface area contributed by atoms with Crippen molar-refractivity contribution in [1.29, 1.82) is 0 Å². The maximum Gasteiger partial charge on any atom is 0.183 e. The molecule has 1 fully saturated rings. The van der Waals surface area contributed by atoms with Crippen molar-refractivity contribution in [1.82, 2.24) is 19.9 Å². The molecule has 0 bridgehead atoms. The molecule has 0 amide bonds. The lowest BCUT2D eigenvalue weighted by Crippen LogP contribution is -2.38. The average molecular weight is 203 g/mol. The largest absolute Gasteiger partial charge is 0.355 e. The maximum atomic E-state index is 4.48. The second-order valence-corrected chi connectivity index (χ2v) is 3.96. The molecule has 0 spiro atoms. The van der Waals surface area contributed by atoms with Crippen molar-refractivity contribution in [2.75, 3.05) is 18.0 Å². The second-order valence-electron chi connectivity index (χ2n) is 3.96. The van der Waals surface area contributed by atoms with Crippen LogP contribution >= 0.6 is 0 Å². The number of hydrogen-bond donors (Lipinski definition) is 1. The molecule has 0 saturated carbocycles. The zero-order valence-electron chi connectivity index (χ0n) is 8.91. The molecule has 3 rings (SSSR count). The van der Waals surface area contributed by atoms with Crippen LogP contribution in [-0.4, -0.2) is 33.0 Å². The number of rotatable bonds is 1. The summed E-state index contributed by atoms with van der Waals surface area (Å²) >= 11 is 0. The fraction of sp³-hybridized carbons (Fsp3) is 0.500. The molecule has 1 aliphatic rings. The van der Waals surface area contributed by atoms with Crippen molar-refractivity contribution in [3.8, 4) is 0 Å². The summed E-state index contributed by atoms with van der Waals surface area (Å²) in [7, 11) is 0. The zero-order valence-corrected chi connectivity index (χ0v) is 8.91. The van der Waals surface area contributed by atoms with E-state index in [2.05, 4.69) is 24.8 Å². The SMILES string of the molecule is Cc1nc(N2CCC2)c2[nH]c(C)nc2n1. The fourth-order valence-corrected chi connectivity index (χ4v) is 1.86. The average Bonchev–Trinajstić information content (AvgIpc) is 2.41. The Hall–Kier alpha value is -1.65. The van der Waals surface area contributed by atoms with Gasteiger partial charge in [0.2, 0.25) is 0 Å². The lowest BCUT2D eigenvalue weighted by atomic mass is 10.2. The van der Waals surface area contributed by atoms with Crippen LogP contribution in [0.5, 0.6) is 0 Å². The first-order chi connectivity index (χ1) is 7.24. The monoisotopic (exact) mass is 203 g/mol. The Labute approximate surface area is 87.6 Å². The standard InChI is InChI=1S/C10H13N5/c1-6-11-8-9(12-6)13-7(2)14-10(8)15-4-3-5-15/h3-5H2,1-2H3,(H,11,12,13,14). The summed E-state index contributed by atoms with van der Waals surface area (Å²) in [6.07, 6.45) is 1.25. The highest BCUT2D eigenvalue weighted by Gasteiger charge is 2.20. The third-order valence-electron chi connectivity index (χ3n) is 2.72. The molecule has 3 heterocycles. The topological polar surface area (TPSA) is 57.7 Å². The van der Waals surface area contributed by atoms with Crippen LogP contribution in [0.4, 0.5) is 5.82 Å². The number of nitrogens with zero attached hydrogens (tertiary/aromatic N) is 4. The highest BCUT2D eigenvalue weighted by Crippen LogP contribution is 2.25. The second kappa shape index (κ2) is 2.92. The summed E-state index contributed by atoms with van der Waals surface area (Å²) < 4.78 is 0. The van der Waals surface area contributed by atoms with Crippen LogP contribution in [0.15, 0.2) is 0 Å². The maximum absolute atomic E-state index is 4.48. The van der Waals surface area contributed by atoms with E-state index in [0.717, 1.165) is 41.7 Å². The van der Waals surface area contributed by atoms with E-state index in [4.69, 9.17) is 0 Å². The van der Waals surface area contributed by atoms with Gasteiger partial charge in [-0.15, -0.1) is 0 Å². The van der Waals surface area contributed by atoms with Crippen molar-refractivity contribution in [2.24, 2.45) is 0 Å². The van der Waals surface area contributed by atoms with Gasteiger partial charge in [-0.25, -0.2) is 15.0 Å². The number of hydrogen-bond acceptors (Lipinski definition) is 4. The third-order valence-corrected chi connectivity index (χ3v) is 2.72. The van der Waals surface area contributed by atoms with Gasteiger partial charge in [0.25, 0.3) is 0 Å². The third kappa shape index (κ3) is 1.26. The van der Waals surface area contributed by atoms with Gasteiger partial charge in [-0.3, -0.25) is 0 Å². The lowest BCUT2D eigenvalue weighted by molar-refractivity contribution is 0.610. The summed E-state index contributed by atoms with van der Waals surface area (Å²) in [6, 6.07) is 0. The molecular formula is C10H13N5. The van der Waals surface area contributed by atoms with Crippen LogP contribution < -0.4 is 4.90 Å². The number of aromatic amines is 1. The first kappa shape index (κ1) is 8.64. The highest BCUT2D eigenvalue weighted by atomic mass is 15.2. The number of aryl methyl sites for hydroxylation is 2. The fourth-order valence-electron chi connectivity index (χ4n) is 1.86. The molecule has 1 saturated heterocycles. The molecule has 0 unspecified atom stereocenters. The predicted molar refractivity (Wildman–Crippen MR) is 58.0 cm³/mol. The van der Waals surface area contributed by atoms with E-state index in [0.29, 0.717) is 0 Å². The minimum absolute atomic E-state index is 0.780. The Kier molecular flexibility index (Phi) is 1.68. The smallest absolute Gasteiger partial charge is 0.183 e. The molecule has 2 aromatic rings. The van der Waals surface area contributed by atoms with Crippen LogP contribution in [0, 0.1) is 13.8 Å². The number of aromatic nitrogens is 4. The van der Waals surface area contributed by atoms with Crippen molar-refractivity contribution in [3.63, 3.8) is 0 Å². The van der Waals surface area contributed by atoms with E-state index in [-0.39, 0.29) is 0 Å². The van der Waals surface area contributed by atoms with Gasteiger partial charge in [0.1, 0.15) is 17.2 Å². The molecule has 0 aliphatic carbocycles. The minimum Gasteiger partial charge on any atom is -0.355 e. The molecule has 1 aliphatic heterocycles. The zero-order chi connectivity index (χ0) is 10.4. The summed E-state index contributed by atoms with van der Waals surface area (Å²) in [5, 5.41) is 0. The first-order valence-corrected chi connectivity index (χ1v) is 5.20. The van der Waals surface area contributed by atoms with Gasteiger partial charge in [0, 0.05) is 13.1 Å². The molecular weight excluding hydrogens is 190 g/mol. The molecule has 5 nitrogen and oxygen atoms in total. The van der Waals surface area contributed by atoms with Gasteiger partial charge in [-0.05, 0) is 20.3 Å². The van der Waals surface area contributed by atoms with E-state index in [1.807, 2.05) is 13.8 Å². The van der Waals surface area contributed by atoms with Gasteiger partial charge in [-0.1, -0.05) is 0 Å². The molecule has 78 valence electrons. The van der Waals surface area contributed by atoms with E-state index in [1.165, 1.54) is 6.42 Å². The van der Waals surface area contributed by atoms with Crippen molar-refractivity contribution in [3.05, 3.63) is 11.6 Å². The van der Waals surface area contributed by atoms with Crippen LogP contribution in [0.1, 0.15) is 18.1 Å². The van der Waals surface area contributed by atoms with Crippen LogP contribution in [0.3, 0.4) is 0 Å². The molecule has 2 aromatic heterocycles. The Morgan fingerprint density at radius 3 is 2.60 bits per heavy atom. The Bertz CT molecular complexity index is 512. The first-order valence-electron chi connectivity index (χ1n) is 5.20. The number of nitrogens with one attached hydrogen (secondary N) is 1. The van der Waals surface area contributed by atoms with Crippen molar-refractivity contribution in [2.45, 2.75) is 20.3 Å². The molecule has 0 aromatic carbocycles. The summed E-state index contributed by atoms with van der Waals surface area (Å²) in [5.41, 5.74) is 1.75. The summed E-state index contributed by atoms with van der Waals surface area (Å²) in [6.45, 7) is 6.02. The summed E-state index contributed by atoms with van der Waals surface area (Å²) in [5.74, 6) is 2.69. The van der Waals surface area contributed by atoms with Crippen LogP contribution in [0.2, 0.25) is 0 Å². The van der Waals surface area contributed by atoms with Crippen molar-refractivity contribution >= 4 is 17.0 Å². The van der Waals surface area contributed by atoms with Crippen molar-refractivity contribution < 1.29 is 0 Å². The number of H-pyrrole nitrogens is 1.